The normalized spacial score (nSPS) is 13.2. The average molecular weight is 506 g/mol. The van der Waals surface area contributed by atoms with Crippen LogP contribution in [0, 0.1) is 20.2 Å². The van der Waals surface area contributed by atoms with Gasteiger partial charge in [0.1, 0.15) is 5.69 Å². The highest BCUT2D eigenvalue weighted by molar-refractivity contribution is 5.95. The largest absolute Gasteiger partial charge is 0.487 e. The van der Waals surface area contributed by atoms with Crippen LogP contribution in [0.15, 0.2) is 66.7 Å². The molecule has 3 aromatic carbocycles. The number of rotatable bonds is 9. The van der Waals surface area contributed by atoms with Crippen LogP contribution < -0.4 is 15.0 Å². The number of carbonyl (C=O) groups is 1. The second-order valence-electron chi connectivity index (χ2n) is 8.45. The third-order valence-electron chi connectivity index (χ3n) is 6.14. The molecular formula is C26H27N5O6. The number of anilines is 2. The molecule has 3 aromatic rings. The van der Waals surface area contributed by atoms with Crippen LogP contribution in [0.3, 0.4) is 0 Å². The number of nitrogens with one attached hydrogen (secondary N) is 1. The van der Waals surface area contributed by atoms with Gasteiger partial charge in [0.15, 0.2) is 5.75 Å². The molecular weight excluding hydrogens is 478 g/mol. The molecule has 37 heavy (non-hydrogen) atoms. The minimum atomic E-state index is -0.558. The number of amides is 1. The van der Waals surface area contributed by atoms with Gasteiger partial charge in [0.05, 0.1) is 16.5 Å². The van der Waals surface area contributed by atoms with E-state index in [1.54, 1.807) is 24.0 Å². The fourth-order valence-electron chi connectivity index (χ4n) is 4.24. The van der Waals surface area contributed by atoms with Crippen molar-refractivity contribution in [3.63, 3.8) is 0 Å². The van der Waals surface area contributed by atoms with Gasteiger partial charge in [0, 0.05) is 56.1 Å². The fourth-order valence-corrected chi connectivity index (χ4v) is 4.24. The lowest BCUT2D eigenvalue weighted by atomic mass is 10.1. The Morgan fingerprint density at radius 1 is 0.919 bits per heavy atom. The van der Waals surface area contributed by atoms with Crippen molar-refractivity contribution in [2.75, 3.05) is 43.0 Å². The summed E-state index contributed by atoms with van der Waals surface area (Å²) in [4.78, 5) is 38.7. The van der Waals surface area contributed by atoms with Crippen molar-refractivity contribution in [3.8, 4) is 5.75 Å². The molecule has 1 fully saturated rings. The lowest BCUT2D eigenvalue weighted by Crippen LogP contribution is -2.48. The van der Waals surface area contributed by atoms with Crippen LogP contribution in [0.5, 0.6) is 5.75 Å². The molecule has 0 unspecified atom stereocenters. The Bertz CT molecular complexity index is 1290. The molecule has 1 aliphatic rings. The van der Waals surface area contributed by atoms with Gasteiger partial charge in [-0.15, -0.1) is 0 Å². The van der Waals surface area contributed by atoms with Crippen LogP contribution in [0.2, 0.25) is 0 Å². The van der Waals surface area contributed by atoms with Gasteiger partial charge in [-0.2, -0.15) is 0 Å². The molecule has 4 rings (SSSR count). The summed E-state index contributed by atoms with van der Waals surface area (Å²) in [7, 11) is 0. The number of ether oxygens (including phenoxy) is 1. The summed E-state index contributed by atoms with van der Waals surface area (Å²) in [6.45, 7) is 4.30. The maximum atomic E-state index is 13.0. The van der Waals surface area contributed by atoms with E-state index in [9.17, 15) is 25.0 Å². The summed E-state index contributed by atoms with van der Waals surface area (Å²) in [5.41, 5.74) is 2.21. The van der Waals surface area contributed by atoms with Crippen LogP contribution in [0.4, 0.5) is 22.7 Å². The monoisotopic (exact) mass is 505 g/mol. The molecule has 0 radical (unpaired) electrons. The number of nitrogens with zero attached hydrogens (tertiary/aromatic N) is 4. The van der Waals surface area contributed by atoms with Crippen LogP contribution in [0.25, 0.3) is 0 Å². The maximum Gasteiger partial charge on any atom is 0.311 e. The van der Waals surface area contributed by atoms with E-state index >= 15 is 0 Å². The Kier molecular flexibility index (Phi) is 7.82. The van der Waals surface area contributed by atoms with E-state index in [4.69, 9.17) is 4.74 Å². The van der Waals surface area contributed by atoms with Crippen molar-refractivity contribution >= 4 is 28.7 Å². The number of carbonyl (C=O) groups excluding carboxylic acids is 1. The van der Waals surface area contributed by atoms with Gasteiger partial charge in [-0.1, -0.05) is 30.3 Å². The van der Waals surface area contributed by atoms with Gasteiger partial charge < -0.3 is 19.9 Å². The summed E-state index contributed by atoms with van der Waals surface area (Å²) in [5.74, 6) is -0.163. The first-order chi connectivity index (χ1) is 17.9. The van der Waals surface area contributed by atoms with Crippen molar-refractivity contribution in [1.82, 2.24) is 4.90 Å². The van der Waals surface area contributed by atoms with E-state index in [2.05, 4.69) is 10.2 Å². The highest BCUT2D eigenvalue weighted by Gasteiger charge is 2.26. The average Bonchev–Trinajstić information content (AvgIpc) is 2.92. The summed E-state index contributed by atoms with van der Waals surface area (Å²) < 4.78 is 5.30. The number of piperazine rings is 1. The Hall–Kier alpha value is -4.67. The number of nitro benzene ring substituents is 2. The van der Waals surface area contributed by atoms with Crippen molar-refractivity contribution in [2.45, 2.75) is 13.5 Å². The van der Waals surface area contributed by atoms with Gasteiger partial charge in [0.2, 0.25) is 0 Å². The van der Waals surface area contributed by atoms with E-state index in [-0.39, 0.29) is 35.2 Å². The molecule has 1 aliphatic heterocycles. The summed E-state index contributed by atoms with van der Waals surface area (Å²) in [5, 5.41) is 26.1. The molecule has 0 aromatic heterocycles. The minimum absolute atomic E-state index is 0.00871. The lowest BCUT2D eigenvalue weighted by Gasteiger charge is -2.36. The quantitative estimate of drug-likeness (QED) is 0.333. The molecule has 1 N–H and O–H groups in total. The van der Waals surface area contributed by atoms with E-state index < -0.39 is 9.85 Å². The van der Waals surface area contributed by atoms with Gasteiger partial charge in [0.25, 0.3) is 11.6 Å². The number of hydrogen-bond donors (Lipinski definition) is 1. The molecule has 0 spiro atoms. The fraction of sp³-hybridized carbons (Fsp3) is 0.269. The van der Waals surface area contributed by atoms with E-state index in [1.807, 2.05) is 30.3 Å². The predicted octanol–water partition coefficient (Wildman–Crippen LogP) is 4.48. The van der Waals surface area contributed by atoms with Crippen molar-refractivity contribution < 1.29 is 19.4 Å². The standard InChI is InChI=1S/C26H27N5O6/c1-2-37-25-11-8-20(16-24(25)31(35)36)26(32)29-14-12-28(13-15-29)21-9-10-23(30(33)34)22(17-21)27-18-19-6-4-3-5-7-19/h3-11,16-17,27H,2,12-15,18H2,1H3. The van der Waals surface area contributed by atoms with Crippen molar-refractivity contribution in [3.05, 3.63) is 98.1 Å². The Labute approximate surface area is 213 Å². The molecule has 1 saturated heterocycles. The second kappa shape index (κ2) is 11.4. The third kappa shape index (κ3) is 5.95. The number of benzene rings is 3. The second-order valence-corrected chi connectivity index (χ2v) is 8.45. The zero-order valence-corrected chi connectivity index (χ0v) is 20.3. The zero-order valence-electron chi connectivity index (χ0n) is 20.3. The van der Waals surface area contributed by atoms with Gasteiger partial charge in [-0.25, -0.2) is 0 Å². The van der Waals surface area contributed by atoms with Crippen LogP contribution in [-0.4, -0.2) is 53.4 Å². The van der Waals surface area contributed by atoms with Crippen molar-refractivity contribution in [2.24, 2.45) is 0 Å². The maximum absolute atomic E-state index is 13.0. The van der Waals surface area contributed by atoms with Gasteiger partial charge >= 0.3 is 5.69 Å². The Morgan fingerprint density at radius 2 is 1.62 bits per heavy atom. The third-order valence-corrected chi connectivity index (χ3v) is 6.14. The van der Waals surface area contributed by atoms with E-state index in [0.717, 1.165) is 11.3 Å². The molecule has 0 aliphatic carbocycles. The smallest absolute Gasteiger partial charge is 0.311 e. The number of nitro groups is 2. The minimum Gasteiger partial charge on any atom is -0.487 e. The van der Waals surface area contributed by atoms with Crippen LogP contribution in [-0.2, 0) is 6.54 Å². The summed E-state index contributed by atoms with van der Waals surface area (Å²) in [6, 6.07) is 18.8. The number of hydrogen-bond acceptors (Lipinski definition) is 8. The molecule has 1 amide bonds. The lowest BCUT2D eigenvalue weighted by molar-refractivity contribution is -0.385. The first-order valence-corrected chi connectivity index (χ1v) is 11.9. The Balaban J connectivity index is 1.44. The molecule has 192 valence electrons. The summed E-state index contributed by atoms with van der Waals surface area (Å²) in [6.07, 6.45) is 0. The van der Waals surface area contributed by atoms with Crippen LogP contribution in [0.1, 0.15) is 22.8 Å². The summed E-state index contributed by atoms with van der Waals surface area (Å²) >= 11 is 0. The van der Waals surface area contributed by atoms with E-state index in [1.165, 1.54) is 24.3 Å². The highest BCUT2D eigenvalue weighted by Crippen LogP contribution is 2.31. The molecule has 1 heterocycles. The molecule has 11 nitrogen and oxygen atoms in total. The molecule has 0 saturated carbocycles. The Morgan fingerprint density at radius 3 is 2.27 bits per heavy atom. The molecule has 0 atom stereocenters. The topological polar surface area (TPSA) is 131 Å². The molecule has 11 heteroatoms. The van der Waals surface area contributed by atoms with Gasteiger partial charge in [-0.3, -0.25) is 25.0 Å². The van der Waals surface area contributed by atoms with Crippen molar-refractivity contribution in [1.29, 1.82) is 0 Å². The first-order valence-electron chi connectivity index (χ1n) is 11.9. The SMILES string of the molecule is CCOc1ccc(C(=O)N2CCN(c3ccc([N+](=O)[O-])c(NCc4ccccc4)c3)CC2)cc1[N+](=O)[O-]. The van der Waals surface area contributed by atoms with Gasteiger partial charge in [-0.05, 0) is 36.8 Å². The predicted molar refractivity (Wildman–Crippen MR) is 139 cm³/mol. The first kappa shape index (κ1) is 25.4. The molecule has 0 bridgehead atoms. The highest BCUT2D eigenvalue weighted by atomic mass is 16.6. The van der Waals surface area contributed by atoms with E-state index in [0.29, 0.717) is 38.4 Å². The van der Waals surface area contributed by atoms with Crippen LogP contribution >= 0.6 is 0 Å². The zero-order chi connectivity index (χ0) is 26.4.